The number of benzene rings is 1. The Kier molecular flexibility index (Phi) is 3.34. The molecule has 1 aromatic rings. The van der Waals surface area contributed by atoms with Crippen molar-refractivity contribution in [2.24, 2.45) is 5.73 Å². The highest BCUT2D eigenvalue weighted by Gasteiger charge is 2.20. The first kappa shape index (κ1) is 10.8. The van der Waals surface area contributed by atoms with Gasteiger partial charge in [-0.25, -0.2) is 0 Å². The summed E-state index contributed by atoms with van der Waals surface area (Å²) in [6.45, 7) is 0.604. The third kappa shape index (κ3) is 1.67. The molecular weight excluding hydrogens is 200 g/mol. The van der Waals surface area contributed by atoms with Gasteiger partial charge in [-0.05, 0) is 6.07 Å². The van der Waals surface area contributed by atoms with Gasteiger partial charge in [0.2, 0.25) is 0 Å². The minimum absolute atomic E-state index is 0. The molecule has 0 spiro atoms. The first-order chi connectivity index (χ1) is 6.33. The molecule has 2 rings (SSSR count). The number of hydrogen-bond acceptors (Lipinski definition) is 3. The van der Waals surface area contributed by atoms with E-state index in [-0.39, 0.29) is 18.4 Å². The van der Waals surface area contributed by atoms with Crippen LogP contribution in [0.4, 0.5) is 0 Å². The van der Waals surface area contributed by atoms with Crippen molar-refractivity contribution in [3.63, 3.8) is 0 Å². The van der Waals surface area contributed by atoms with Crippen LogP contribution in [0.3, 0.4) is 0 Å². The Balaban J connectivity index is 0.000000980. The predicted molar refractivity (Wildman–Crippen MR) is 55.4 cm³/mol. The molecule has 0 unspecified atom stereocenters. The van der Waals surface area contributed by atoms with E-state index in [4.69, 9.17) is 15.7 Å². The van der Waals surface area contributed by atoms with Crippen molar-refractivity contribution in [2.45, 2.75) is 12.5 Å². The Labute approximate surface area is 88.9 Å². The molecule has 4 heteroatoms. The van der Waals surface area contributed by atoms with Gasteiger partial charge < -0.3 is 10.5 Å². The van der Waals surface area contributed by atoms with E-state index >= 15 is 0 Å². The van der Waals surface area contributed by atoms with Gasteiger partial charge in [-0.2, -0.15) is 5.26 Å². The van der Waals surface area contributed by atoms with Crippen molar-refractivity contribution in [3.8, 4) is 11.8 Å². The maximum Gasteiger partial charge on any atom is 0.141 e. The number of nitriles is 1. The van der Waals surface area contributed by atoms with Gasteiger partial charge in [0, 0.05) is 18.0 Å². The molecule has 3 nitrogen and oxygen atoms in total. The Hall–Kier alpha value is -1.24. The largest absolute Gasteiger partial charge is 0.492 e. The lowest BCUT2D eigenvalue weighted by atomic mass is 9.99. The Morgan fingerprint density at radius 2 is 2.29 bits per heavy atom. The predicted octanol–water partition coefficient (Wildman–Crippen LogP) is 1.76. The van der Waals surface area contributed by atoms with Gasteiger partial charge in [0.25, 0.3) is 0 Å². The number of fused-ring (bicyclic) bond motifs is 1. The first-order valence-corrected chi connectivity index (χ1v) is 4.24. The van der Waals surface area contributed by atoms with Crippen molar-refractivity contribution >= 4 is 12.4 Å². The Morgan fingerprint density at radius 3 is 3.00 bits per heavy atom. The van der Waals surface area contributed by atoms with Crippen LogP contribution in [0.1, 0.15) is 23.6 Å². The molecule has 14 heavy (non-hydrogen) atoms. The van der Waals surface area contributed by atoms with E-state index in [9.17, 15) is 0 Å². The molecule has 0 aliphatic carbocycles. The van der Waals surface area contributed by atoms with E-state index in [0.29, 0.717) is 17.9 Å². The topological polar surface area (TPSA) is 59.0 Å². The van der Waals surface area contributed by atoms with Crippen LogP contribution in [0.25, 0.3) is 0 Å². The Bertz CT molecular complexity index is 373. The number of ether oxygens (including phenoxy) is 1. The molecule has 0 amide bonds. The number of para-hydroxylation sites is 1. The fourth-order valence-corrected chi connectivity index (χ4v) is 1.54. The maximum absolute atomic E-state index is 8.81. The number of hydrogen-bond donors (Lipinski definition) is 1. The first-order valence-electron chi connectivity index (χ1n) is 4.24. The van der Waals surface area contributed by atoms with Gasteiger partial charge in [-0.1, -0.05) is 12.1 Å². The molecule has 1 aliphatic heterocycles. The van der Waals surface area contributed by atoms with E-state index < -0.39 is 0 Å². The van der Waals surface area contributed by atoms with Crippen molar-refractivity contribution in [3.05, 3.63) is 29.3 Å². The molecule has 0 radical (unpaired) electrons. The van der Waals surface area contributed by atoms with Crippen LogP contribution in [0.2, 0.25) is 0 Å². The van der Waals surface area contributed by atoms with Gasteiger partial charge in [0.15, 0.2) is 0 Å². The molecule has 74 valence electrons. The van der Waals surface area contributed by atoms with E-state index in [1.165, 1.54) is 0 Å². The lowest BCUT2D eigenvalue weighted by Crippen LogP contribution is -2.21. The van der Waals surface area contributed by atoms with Crippen LogP contribution < -0.4 is 10.5 Å². The third-order valence-electron chi connectivity index (χ3n) is 2.24. The van der Waals surface area contributed by atoms with Crippen molar-refractivity contribution < 1.29 is 4.74 Å². The summed E-state index contributed by atoms with van der Waals surface area (Å²) in [6.07, 6.45) is 0.821. The fraction of sp³-hybridized carbons (Fsp3) is 0.300. The van der Waals surface area contributed by atoms with Gasteiger partial charge in [0.05, 0.1) is 12.2 Å². The average molecular weight is 211 g/mol. The normalized spacial score (nSPS) is 18.4. The van der Waals surface area contributed by atoms with Crippen LogP contribution >= 0.6 is 12.4 Å². The van der Waals surface area contributed by atoms with Crippen LogP contribution in [0.15, 0.2) is 18.2 Å². The molecule has 0 saturated heterocycles. The molecule has 0 bridgehead atoms. The van der Waals surface area contributed by atoms with E-state index in [1.54, 1.807) is 6.07 Å². The number of rotatable bonds is 0. The summed E-state index contributed by atoms with van der Waals surface area (Å²) in [7, 11) is 0. The summed E-state index contributed by atoms with van der Waals surface area (Å²) in [5.74, 6) is 0.670. The van der Waals surface area contributed by atoms with Crippen molar-refractivity contribution in [1.29, 1.82) is 5.26 Å². The second-order valence-corrected chi connectivity index (χ2v) is 3.08. The lowest BCUT2D eigenvalue weighted by molar-refractivity contribution is 0.268. The molecule has 0 saturated carbocycles. The molecule has 2 N–H and O–H groups in total. The molecule has 0 aromatic heterocycles. The standard InChI is InChI=1S/C10H10N2O.ClH/c11-6-7-2-1-3-8-9(12)4-5-13-10(7)8;/h1-3,9H,4-5,12H2;1H/t9-;/m1./s1. The van der Waals surface area contributed by atoms with E-state index in [1.807, 2.05) is 12.1 Å². The fourth-order valence-electron chi connectivity index (χ4n) is 1.54. The van der Waals surface area contributed by atoms with Gasteiger partial charge in [-0.3, -0.25) is 0 Å². The van der Waals surface area contributed by atoms with Gasteiger partial charge in [0.1, 0.15) is 11.8 Å². The minimum Gasteiger partial charge on any atom is -0.492 e. The Morgan fingerprint density at radius 1 is 1.50 bits per heavy atom. The quantitative estimate of drug-likeness (QED) is 0.710. The third-order valence-corrected chi connectivity index (χ3v) is 2.24. The monoisotopic (exact) mass is 210 g/mol. The van der Waals surface area contributed by atoms with Crippen LogP contribution in [0, 0.1) is 11.3 Å². The van der Waals surface area contributed by atoms with Crippen LogP contribution in [0.5, 0.6) is 5.75 Å². The molecular formula is C10H11ClN2O. The maximum atomic E-state index is 8.81. The molecule has 1 heterocycles. The number of nitrogens with two attached hydrogens (primary N) is 1. The van der Waals surface area contributed by atoms with Crippen LogP contribution in [-0.2, 0) is 0 Å². The summed E-state index contributed by atoms with van der Waals surface area (Å²) in [5, 5.41) is 8.81. The van der Waals surface area contributed by atoms with Crippen molar-refractivity contribution in [1.82, 2.24) is 0 Å². The van der Waals surface area contributed by atoms with E-state index in [0.717, 1.165) is 12.0 Å². The zero-order valence-electron chi connectivity index (χ0n) is 7.56. The average Bonchev–Trinajstić information content (AvgIpc) is 2.18. The highest BCUT2D eigenvalue weighted by atomic mass is 35.5. The van der Waals surface area contributed by atoms with E-state index in [2.05, 4.69) is 6.07 Å². The highest BCUT2D eigenvalue weighted by molar-refractivity contribution is 5.85. The SMILES string of the molecule is Cl.N#Cc1cccc2c1OCC[C@H]2N. The lowest BCUT2D eigenvalue weighted by Gasteiger charge is -2.23. The highest BCUT2D eigenvalue weighted by Crippen LogP contribution is 2.32. The summed E-state index contributed by atoms with van der Waals surface area (Å²) in [5.41, 5.74) is 7.41. The number of halogens is 1. The van der Waals surface area contributed by atoms with Crippen LogP contribution in [-0.4, -0.2) is 6.61 Å². The second-order valence-electron chi connectivity index (χ2n) is 3.08. The van der Waals surface area contributed by atoms with Crippen molar-refractivity contribution in [2.75, 3.05) is 6.61 Å². The molecule has 1 atom stereocenters. The number of nitrogens with zero attached hydrogens (tertiary/aromatic N) is 1. The summed E-state index contributed by atoms with van der Waals surface area (Å²) in [4.78, 5) is 0. The molecule has 1 aromatic carbocycles. The molecule has 1 aliphatic rings. The minimum atomic E-state index is 0. The summed E-state index contributed by atoms with van der Waals surface area (Å²) >= 11 is 0. The molecule has 0 fully saturated rings. The zero-order chi connectivity index (χ0) is 9.26. The smallest absolute Gasteiger partial charge is 0.141 e. The second kappa shape index (κ2) is 4.32. The van der Waals surface area contributed by atoms with Gasteiger partial charge >= 0.3 is 0 Å². The van der Waals surface area contributed by atoms with Gasteiger partial charge in [-0.15, -0.1) is 12.4 Å². The summed E-state index contributed by atoms with van der Waals surface area (Å²) < 4.78 is 5.41. The zero-order valence-corrected chi connectivity index (χ0v) is 8.38. The summed E-state index contributed by atoms with van der Waals surface area (Å²) in [6, 6.07) is 7.61.